The third-order valence-corrected chi connectivity index (χ3v) is 2.16. The molecule has 0 rings (SSSR count). The molecule has 1 N–H and O–H groups in total. The molecule has 0 aliphatic carbocycles. The minimum Gasteiger partial charge on any atom is -0.479 e. The van der Waals surface area contributed by atoms with E-state index in [0.29, 0.717) is 0 Å². The molecular formula is C10H18F3NO3. The molecule has 7 heteroatoms. The van der Waals surface area contributed by atoms with Crippen molar-refractivity contribution in [3.63, 3.8) is 0 Å². The van der Waals surface area contributed by atoms with Gasteiger partial charge in [0.05, 0.1) is 6.54 Å². The molecule has 17 heavy (non-hydrogen) atoms. The summed E-state index contributed by atoms with van der Waals surface area (Å²) in [6.45, 7) is 3.49. The van der Waals surface area contributed by atoms with E-state index in [1.807, 2.05) is 0 Å². The quantitative estimate of drug-likeness (QED) is 0.755. The number of hydrogen-bond donors (Lipinski definition) is 1. The lowest BCUT2D eigenvalue weighted by atomic mass is 10.2. The minimum absolute atomic E-state index is 0.148. The topological polar surface area (TPSA) is 49.8 Å². The molecule has 4 nitrogen and oxygen atoms in total. The first kappa shape index (κ1) is 16.2. The van der Waals surface area contributed by atoms with Crippen molar-refractivity contribution in [1.29, 1.82) is 0 Å². The second-order valence-electron chi connectivity index (χ2n) is 3.92. The number of carboxylic acid groups (broad SMARTS) is 1. The van der Waals surface area contributed by atoms with Crippen molar-refractivity contribution in [2.75, 3.05) is 19.7 Å². The zero-order chi connectivity index (χ0) is 13.6. The number of alkyl halides is 3. The summed E-state index contributed by atoms with van der Waals surface area (Å²) >= 11 is 0. The minimum atomic E-state index is -4.35. The van der Waals surface area contributed by atoms with Crippen LogP contribution in [-0.4, -0.2) is 54.0 Å². The summed E-state index contributed by atoms with van der Waals surface area (Å²) in [5, 5.41) is 8.80. The molecule has 0 aliphatic rings. The van der Waals surface area contributed by atoms with Crippen molar-refractivity contribution < 1.29 is 27.8 Å². The molecule has 1 atom stereocenters. The van der Waals surface area contributed by atoms with Crippen molar-refractivity contribution in [3.05, 3.63) is 0 Å². The van der Waals surface area contributed by atoms with E-state index < -0.39 is 30.8 Å². The number of hydrogen-bond acceptors (Lipinski definition) is 3. The Labute approximate surface area is 98.3 Å². The van der Waals surface area contributed by atoms with E-state index in [1.54, 1.807) is 20.8 Å². The van der Waals surface area contributed by atoms with Crippen LogP contribution in [0.3, 0.4) is 0 Å². The number of rotatable bonds is 7. The summed E-state index contributed by atoms with van der Waals surface area (Å²) in [7, 11) is 0. The second kappa shape index (κ2) is 6.80. The predicted octanol–water partition coefficient (Wildman–Crippen LogP) is 1.75. The Bertz CT molecular complexity index is 243. The molecular weight excluding hydrogens is 239 g/mol. The fourth-order valence-electron chi connectivity index (χ4n) is 1.30. The molecule has 0 heterocycles. The highest BCUT2D eigenvalue weighted by Gasteiger charge is 2.34. The van der Waals surface area contributed by atoms with E-state index in [4.69, 9.17) is 9.84 Å². The molecule has 0 amide bonds. The smallest absolute Gasteiger partial charge is 0.401 e. The number of carboxylic acids is 1. The van der Waals surface area contributed by atoms with E-state index in [-0.39, 0.29) is 13.2 Å². The van der Waals surface area contributed by atoms with E-state index in [9.17, 15) is 18.0 Å². The maximum absolute atomic E-state index is 12.3. The number of ether oxygens (including phenoxy) is 1. The van der Waals surface area contributed by atoms with Crippen LogP contribution < -0.4 is 0 Å². The average molecular weight is 257 g/mol. The standard InChI is InChI=1S/C10H18F3NO3/c1-4-17-8(9(15)16)5-14(7(2)3)6-10(11,12)13/h7-8H,4-6H2,1-3H3,(H,15,16). The van der Waals surface area contributed by atoms with Crippen LogP contribution in [-0.2, 0) is 9.53 Å². The van der Waals surface area contributed by atoms with Crippen molar-refractivity contribution in [3.8, 4) is 0 Å². The first-order valence-electron chi connectivity index (χ1n) is 5.32. The lowest BCUT2D eigenvalue weighted by Crippen LogP contribution is -2.46. The zero-order valence-corrected chi connectivity index (χ0v) is 10.1. The zero-order valence-electron chi connectivity index (χ0n) is 10.1. The summed E-state index contributed by atoms with van der Waals surface area (Å²) in [5.41, 5.74) is 0. The van der Waals surface area contributed by atoms with Crippen LogP contribution in [0, 0.1) is 0 Å². The maximum atomic E-state index is 12.3. The Morgan fingerprint density at radius 1 is 1.41 bits per heavy atom. The molecule has 0 aromatic rings. The van der Waals surface area contributed by atoms with Crippen molar-refractivity contribution in [2.24, 2.45) is 0 Å². The summed E-state index contributed by atoms with van der Waals surface area (Å²) in [4.78, 5) is 11.8. The first-order chi connectivity index (χ1) is 7.67. The Morgan fingerprint density at radius 2 is 1.94 bits per heavy atom. The Balaban J connectivity index is 4.56. The van der Waals surface area contributed by atoms with Gasteiger partial charge >= 0.3 is 12.1 Å². The van der Waals surface area contributed by atoms with Crippen LogP contribution in [0.4, 0.5) is 13.2 Å². The van der Waals surface area contributed by atoms with Gasteiger partial charge in [-0.15, -0.1) is 0 Å². The summed E-state index contributed by atoms with van der Waals surface area (Å²) in [6.07, 6.45) is -5.58. The van der Waals surface area contributed by atoms with E-state index in [2.05, 4.69) is 0 Å². The van der Waals surface area contributed by atoms with Crippen LogP contribution in [0.25, 0.3) is 0 Å². The van der Waals surface area contributed by atoms with Gasteiger partial charge in [0.2, 0.25) is 0 Å². The monoisotopic (exact) mass is 257 g/mol. The number of halogens is 3. The van der Waals surface area contributed by atoms with Gasteiger partial charge in [0, 0.05) is 19.2 Å². The SMILES string of the molecule is CCOC(CN(CC(F)(F)F)C(C)C)C(=O)O. The average Bonchev–Trinajstić information content (AvgIpc) is 2.13. The lowest BCUT2D eigenvalue weighted by molar-refractivity contribution is -0.164. The molecule has 0 spiro atoms. The Kier molecular flexibility index (Phi) is 6.48. The van der Waals surface area contributed by atoms with Gasteiger partial charge in [0.25, 0.3) is 0 Å². The molecule has 1 unspecified atom stereocenters. The van der Waals surface area contributed by atoms with E-state index >= 15 is 0 Å². The van der Waals surface area contributed by atoms with Crippen LogP contribution in [0.15, 0.2) is 0 Å². The van der Waals surface area contributed by atoms with E-state index in [1.165, 1.54) is 0 Å². The highest BCUT2D eigenvalue weighted by molar-refractivity contribution is 5.72. The summed E-state index contributed by atoms with van der Waals surface area (Å²) < 4.78 is 41.7. The van der Waals surface area contributed by atoms with E-state index in [0.717, 1.165) is 4.90 Å². The van der Waals surface area contributed by atoms with Gasteiger partial charge in [0.15, 0.2) is 6.10 Å². The number of carbonyl (C=O) groups is 1. The molecule has 0 aliphatic heterocycles. The van der Waals surface area contributed by atoms with Crippen molar-refractivity contribution in [2.45, 2.75) is 39.1 Å². The van der Waals surface area contributed by atoms with Crippen LogP contribution in [0.2, 0.25) is 0 Å². The fourth-order valence-corrected chi connectivity index (χ4v) is 1.30. The van der Waals surface area contributed by atoms with Gasteiger partial charge in [-0.1, -0.05) is 0 Å². The molecule has 0 saturated carbocycles. The summed E-state index contributed by atoms with van der Waals surface area (Å²) in [5.74, 6) is -1.25. The third-order valence-electron chi connectivity index (χ3n) is 2.16. The van der Waals surface area contributed by atoms with Crippen molar-refractivity contribution >= 4 is 5.97 Å². The lowest BCUT2D eigenvalue weighted by Gasteiger charge is -2.29. The first-order valence-corrected chi connectivity index (χ1v) is 5.32. The molecule has 0 aromatic carbocycles. The van der Waals surface area contributed by atoms with Gasteiger partial charge in [0.1, 0.15) is 0 Å². The Morgan fingerprint density at radius 3 is 2.24 bits per heavy atom. The van der Waals surface area contributed by atoms with Crippen LogP contribution in [0.5, 0.6) is 0 Å². The predicted molar refractivity (Wildman–Crippen MR) is 55.8 cm³/mol. The van der Waals surface area contributed by atoms with Gasteiger partial charge in [-0.2, -0.15) is 13.2 Å². The highest BCUT2D eigenvalue weighted by Crippen LogP contribution is 2.18. The van der Waals surface area contributed by atoms with Gasteiger partial charge in [-0.3, -0.25) is 4.90 Å². The normalized spacial score (nSPS) is 14.4. The maximum Gasteiger partial charge on any atom is 0.401 e. The highest BCUT2D eigenvalue weighted by atomic mass is 19.4. The van der Waals surface area contributed by atoms with Crippen molar-refractivity contribution in [1.82, 2.24) is 4.90 Å². The molecule has 0 bridgehead atoms. The fraction of sp³-hybridized carbons (Fsp3) is 0.900. The number of aliphatic carboxylic acids is 1. The van der Waals surface area contributed by atoms with Gasteiger partial charge in [-0.05, 0) is 20.8 Å². The Hall–Kier alpha value is -0.820. The molecule has 0 saturated heterocycles. The summed E-state index contributed by atoms with van der Waals surface area (Å²) in [6, 6.07) is -0.404. The molecule has 0 radical (unpaired) electrons. The molecule has 0 aromatic heterocycles. The van der Waals surface area contributed by atoms with Gasteiger partial charge in [-0.25, -0.2) is 4.79 Å². The largest absolute Gasteiger partial charge is 0.479 e. The van der Waals surface area contributed by atoms with Crippen LogP contribution >= 0.6 is 0 Å². The van der Waals surface area contributed by atoms with Gasteiger partial charge < -0.3 is 9.84 Å². The second-order valence-corrected chi connectivity index (χ2v) is 3.92. The molecule has 102 valence electrons. The number of nitrogens with zero attached hydrogens (tertiary/aromatic N) is 1. The molecule has 0 fully saturated rings. The van der Waals surface area contributed by atoms with Crippen LogP contribution in [0.1, 0.15) is 20.8 Å². The third kappa shape index (κ3) is 7.17.